The number of ether oxygens (including phenoxy) is 1. The lowest BCUT2D eigenvalue weighted by Gasteiger charge is -2.40. The lowest BCUT2D eigenvalue weighted by atomic mass is 9.82. The molecule has 0 radical (unpaired) electrons. The van der Waals surface area contributed by atoms with E-state index in [1.807, 2.05) is 35.2 Å². The van der Waals surface area contributed by atoms with Crippen LogP contribution in [0.25, 0.3) is 10.9 Å². The summed E-state index contributed by atoms with van der Waals surface area (Å²) in [6, 6.07) is 9.88. The Kier molecular flexibility index (Phi) is 4.24. The van der Waals surface area contributed by atoms with Crippen LogP contribution < -0.4 is 0 Å². The maximum atomic E-state index is 13.0. The molecular formula is C21H26N2O2. The zero-order valence-electron chi connectivity index (χ0n) is 15.1. The van der Waals surface area contributed by atoms with E-state index < -0.39 is 0 Å². The molecule has 1 aromatic heterocycles. The molecule has 4 nitrogen and oxygen atoms in total. The summed E-state index contributed by atoms with van der Waals surface area (Å²) in [5.41, 5.74) is 1.47. The molecule has 2 fully saturated rings. The topological polar surface area (TPSA) is 42.4 Å². The third-order valence-corrected chi connectivity index (χ3v) is 5.84. The summed E-state index contributed by atoms with van der Waals surface area (Å²) in [7, 11) is 0. The molecule has 0 bridgehead atoms. The van der Waals surface area contributed by atoms with Crippen molar-refractivity contribution < 1.29 is 9.53 Å². The lowest BCUT2D eigenvalue weighted by Crippen LogP contribution is -2.50. The highest BCUT2D eigenvalue weighted by molar-refractivity contribution is 5.97. The van der Waals surface area contributed by atoms with Crippen LogP contribution in [0.5, 0.6) is 0 Å². The van der Waals surface area contributed by atoms with Crippen molar-refractivity contribution in [3.05, 3.63) is 42.1 Å². The number of hydrogen-bond acceptors (Lipinski definition) is 3. The lowest BCUT2D eigenvalue weighted by molar-refractivity contribution is -0.0451. The summed E-state index contributed by atoms with van der Waals surface area (Å²) < 4.78 is 6.23. The van der Waals surface area contributed by atoms with Crippen LogP contribution in [0, 0.1) is 11.8 Å². The standard InChI is InChI=1S/C21H26N2O2/c1-15(2)18-11-21(25-13-18)8-5-9-23(14-21)20(24)17-10-16-6-3-4-7-19(16)22-12-17/h3-4,6-7,10,12,15,18H,5,8-9,11,13-14H2,1-2H3. The van der Waals surface area contributed by atoms with Crippen LogP contribution in [-0.2, 0) is 4.74 Å². The molecule has 2 atom stereocenters. The maximum Gasteiger partial charge on any atom is 0.255 e. The number of aromatic nitrogens is 1. The minimum absolute atomic E-state index is 0.0777. The zero-order valence-corrected chi connectivity index (χ0v) is 15.1. The van der Waals surface area contributed by atoms with Gasteiger partial charge in [-0.25, -0.2) is 0 Å². The number of carbonyl (C=O) groups excluding carboxylic acids is 1. The van der Waals surface area contributed by atoms with Crippen molar-refractivity contribution in [2.24, 2.45) is 11.8 Å². The molecule has 1 aromatic carbocycles. The minimum Gasteiger partial charge on any atom is -0.373 e. The van der Waals surface area contributed by atoms with Gasteiger partial charge in [-0.05, 0) is 43.2 Å². The van der Waals surface area contributed by atoms with Crippen LogP contribution in [0.2, 0.25) is 0 Å². The normalized spacial score (nSPS) is 26.7. The van der Waals surface area contributed by atoms with Gasteiger partial charge in [0.25, 0.3) is 5.91 Å². The molecule has 2 aliphatic heterocycles. The Bertz CT molecular complexity index is 788. The Morgan fingerprint density at radius 2 is 2.20 bits per heavy atom. The van der Waals surface area contributed by atoms with Gasteiger partial charge >= 0.3 is 0 Å². The van der Waals surface area contributed by atoms with Crippen LogP contribution >= 0.6 is 0 Å². The van der Waals surface area contributed by atoms with Crippen molar-refractivity contribution in [1.82, 2.24) is 9.88 Å². The second-order valence-electron chi connectivity index (χ2n) is 7.95. The monoisotopic (exact) mass is 338 g/mol. The second-order valence-corrected chi connectivity index (χ2v) is 7.95. The van der Waals surface area contributed by atoms with Crippen LogP contribution in [-0.4, -0.2) is 41.1 Å². The van der Waals surface area contributed by atoms with E-state index in [0.717, 1.165) is 43.3 Å². The van der Waals surface area contributed by atoms with Crippen LogP contribution in [0.3, 0.4) is 0 Å². The van der Waals surface area contributed by atoms with Gasteiger partial charge in [0.2, 0.25) is 0 Å². The van der Waals surface area contributed by atoms with E-state index in [9.17, 15) is 4.79 Å². The Balaban J connectivity index is 1.53. The molecule has 2 aliphatic rings. The molecule has 0 N–H and O–H groups in total. The zero-order chi connectivity index (χ0) is 17.4. The average Bonchev–Trinajstić information content (AvgIpc) is 3.04. The number of para-hydroxylation sites is 1. The SMILES string of the molecule is CC(C)C1COC2(CCCN(C(=O)c3cnc4ccccc4c3)C2)C1. The first-order valence-electron chi connectivity index (χ1n) is 9.34. The van der Waals surface area contributed by atoms with E-state index in [-0.39, 0.29) is 11.5 Å². The van der Waals surface area contributed by atoms with Crippen molar-refractivity contribution >= 4 is 16.8 Å². The highest BCUT2D eigenvalue weighted by Gasteiger charge is 2.45. The highest BCUT2D eigenvalue weighted by Crippen LogP contribution is 2.40. The van der Waals surface area contributed by atoms with E-state index in [2.05, 4.69) is 18.8 Å². The summed E-state index contributed by atoms with van der Waals surface area (Å²) in [4.78, 5) is 19.4. The van der Waals surface area contributed by atoms with E-state index in [1.54, 1.807) is 6.20 Å². The van der Waals surface area contributed by atoms with Gasteiger partial charge in [0.05, 0.1) is 23.3 Å². The van der Waals surface area contributed by atoms with E-state index in [0.29, 0.717) is 23.9 Å². The number of hydrogen-bond donors (Lipinski definition) is 0. The molecule has 2 aromatic rings. The van der Waals surface area contributed by atoms with E-state index in [4.69, 9.17) is 4.74 Å². The summed E-state index contributed by atoms with van der Waals surface area (Å²) in [5.74, 6) is 1.32. The first-order chi connectivity index (χ1) is 12.1. The van der Waals surface area contributed by atoms with Gasteiger partial charge in [-0.3, -0.25) is 9.78 Å². The predicted octanol–water partition coefficient (Wildman–Crippen LogP) is 3.90. The van der Waals surface area contributed by atoms with Crippen LogP contribution in [0.15, 0.2) is 36.5 Å². The minimum atomic E-state index is -0.132. The molecule has 2 unspecified atom stereocenters. The van der Waals surface area contributed by atoms with Gasteiger partial charge in [0, 0.05) is 24.7 Å². The number of rotatable bonds is 2. The van der Waals surface area contributed by atoms with E-state index in [1.165, 1.54) is 0 Å². The summed E-state index contributed by atoms with van der Waals surface area (Å²) in [6.07, 6.45) is 4.86. The fourth-order valence-corrected chi connectivity index (χ4v) is 4.23. The quantitative estimate of drug-likeness (QED) is 0.834. The first-order valence-corrected chi connectivity index (χ1v) is 9.34. The smallest absolute Gasteiger partial charge is 0.255 e. The third-order valence-electron chi connectivity index (χ3n) is 5.84. The van der Waals surface area contributed by atoms with Gasteiger partial charge in [-0.2, -0.15) is 0 Å². The number of carbonyl (C=O) groups is 1. The highest BCUT2D eigenvalue weighted by atomic mass is 16.5. The van der Waals surface area contributed by atoms with Crippen molar-refractivity contribution in [2.75, 3.05) is 19.7 Å². The molecular weight excluding hydrogens is 312 g/mol. The Morgan fingerprint density at radius 3 is 3.00 bits per heavy atom. The number of amides is 1. The fourth-order valence-electron chi connectivity index (χ4n) is 4.23. The number of fused-ring (bicyclic) bond motifs is 1. The van der Waals surface area contributed by atoms with Crippen molar-refractivity contribution in [2.45, 2.75) is 38.7 Å². The maximum absolute atomic E-state index is 13.0. The van der Waals surface area contributed by atoms with Gasteiger partial charge in [0.1, 0.15) is 0 Å². The Morgan fingerprint density at radius 1 is 1.36 bits per heavy atom. The summed E-state index contributed by atoms with van der Waals surface area (Å²) >= 11 is 0. The number of likely N-dealkylation sites (tertiary alicyclic amines) is 1. The molecule has 132 valence electrons. The molecule has 1 amide bonds. The van der Waals surface area contributed by atoms with Gasteiger partial charge < -0.3 is 9.64 Å². The Hall–Kier alpha value is -1.94. The predicted molar refractivity (Wildman–Crippen MR) is 98.5 cm³/mol. The summed E-state index contributed by atoms with van der Waals surface area (Å²) in [5, 5.41) is 1.01. The number of nitrogens with zero attached hydrogens (tertiary/aromatic N) is 2. The molecule has 3 heterocycles. The Labute approximate surface area is 149 Å². The van der Waals surface area contributed by atoms with Crippen molar-refractivity contribution in [3.8, 4) is 0 Å². The van der Waals surface area contributed by atoms with Crippen LogP contribution in [0.4, 0.5) is 0 Å². The molecule has 2 saturated heterocycles. The average molecular weight is 338 g/mol. The molecule has 1 spiro atoms. The van der Waals surface area contributed by atoms with Gasteiger partial charge in [-0.1, -0.05) is 32.0 Å². The number of benzene rings is 1. The van der Waals surface area contributed by atoms with Crippen molar-refractivity contribution in [1.29, 1.82) is 0 Å². The molecule has 4 rings (SSSR count). The number of pyridine rings is 1. The first kappa shape index (κ1) is 16.5. The fraction of sp³-hybridized carbons (Fsp3) is 0.524. The second kappa shape index (κ2) is 6.41. The van der Waals surface area contributed by atoms with Gasteiger partial charge in [0.15, 0.2) is 0 Å². The van der Waals surface area contributed by atoms with E-state index >= 15 is 0 Å². The molecule has 25 heavy (non-hydrogen) atoms. The number of piperidine rings is 1. The molecule has 0 aliphatic carbocycles. The van der Waals surface area contributed by atoms with Crippen molar-refractivity contribution in [3.63, 3.8) is 0 Å². The van der Waals surface area contributed by atoms with Gasteiger partial charge in [-0.15, -0.1) is 0 Å². The van der Waals surface area contributed by atoms with Crippen LogP contribution in [0.1, 0.15) is 43.5 Å². The molecule has 0 saturated carbocycles. The molecule has 4 heteroatoms. The largest absolute Gasteiger partial charge is 0.373 e. The summed E-state index contributed by atoms with van der Waals surface area (Å²) in [6.45, 7) is 6.88. The third kappa shape index (κ3) is 3.15.